The van der Waals surface area contributed by atoms with E-state index in [9.17, 15) is 4.39 Å². The number of halogens is 2. The monoisotopic (exact) mass is 332 g/mol. The van der Waals surface area contributed by atoms with Crippen LogP contribution in [0.3, 0.4) is 0 Å². The van der Waals surface area contributed by atoms with E-state index < -0.39 is 5.60 Å². The molecular weight excluding hydrogens is 311 g/mol. The van der Waals surface area contributed by atoms with Gasteiger partial charge in [-0.1, -0.05) is 26.0 Å². The molecule has 0 amide bonds. The zero-order chi connectivity index (χ0) is 14.5. The van der Waals surface area contributed by atoms with Crippen molar-refractivity contribution in [3.05, 3.63) is 34.1 Å². The van der Waals surface area contributed by atoms with E-state index in [-0.39, 0.29) is 11.9 Å². The first-order valence-electron chi connectivity index (χ1n) is 6.60. The van der Waals surface area contributed by atoms with Crippen LogP contribution >= 0.6 is 15.9 Å². The molecule has 1 rings (SSSR count). The molecule has 3 N–H and O–H groups in total. The number of rotatable bonds is 7. The molecule has 0 aliphatic carbocycles. The fourth-order valence-corrected chi connectivity index (χ4v) is 2.88. The maximum atomic E-state index is 14.3. The highest BCUT2D eigenvalue weighted by atomic mass is 79.9. The highest BCUT2D eigenvalue weighted by Gasteiger charge is 2.38. The molecule has 5 heteroatoms. The Morgan fingerprint density at radius 2 is 2.00 bits per heavy atom. The van der Waals surface area contributed by atoms with Gasteiger partial charge in [0, 0.05) is 12.2 Å². The van der Waals surface area contributed by atoms with Gasteiger partial charge in [-0.3, -0.25) is 5.84 Å². The molecular formula is C14H22BrFN2O. The van der Waals surface area contributed by atoms with E-state index in [4.69, 9.17) is 10.6 Å². The molecule has 0 saturated carbocycles. The van der Waals surface area contributed by atoms with Gasteiger partial charge in [0.2, 0.25) is 0 Å². The van der Waals surface area contributed by atoms with E-state index in [1.165, 1.54) is 0 Å². The normalized spacial score (nSPS) is 13.6. The first-order valence-corrected chi connectivity index (χ1v) is 7.39. The van der Waals surface area contributed by atoms with Crippen LogP contribution in [-0.4, -0.2) is 12.2 Å². The summed E-state index contributed by atoms with van der Waals surface area (Å²) in [6.07, 6.45) is 1.50. The van der Waals surface area contributed by atoms with E-state index in [2.05, 4.69) is 21.4 Å². The van der Waals surface area contributed by atoms with Gasteiger partial charge in [0.25, 0.3) is 0 Å². The number of hydrogen-bond acceptors (Lipinski definition) is 3. The second-order valence-corrected chi connectivity index (χ2v) is 5.30. The van der Waals surface area contributed by atoms with Crippen molar-refractivity contribution < 1.29 is 9.13 Å². The Labute approximate surface area is 122 Å². The SMILES string of the molecule is CCOC(CC)(CC)C(NN)c1cccc(Br)c1F. The van der Waals surface area contributed by atoms with Crippen molar-refractivity contribution >= 4 is 15.9 Å². The molecule has 19 heavy (non-hydrogen) atoms. The smallest absolute Gasteiger partial charge is 0.142 e. The highest BCUT2D eigenvalue weighted by Crippen LogP contribution is 2.37. The van der Waals surface area contributed by atoms with Crippen LogP contribution in [0, 0.1) is 5.82 Å². The molecule has 108 valence electrons. The van der Waals surface area contributed by atoms with Crippen LogP contribution in [0.15, 0.2) is 22.7 Å². The minimum Gasteiger partial charge on any atom is -0.373 e. The molecule has 0 aromatic heterocycles. The minimum absolute atomic E-state index is 0.295. The summed E-state index contributed by atoms with van der Waals surface area (Å²) >= 11 is 3.21. The summed E-state index contributed by atoms with van der Waals surface area (Å²) in [5.74, 6) is 5.38. The summed E-state index contributed by atoms with van der Waals surface area (Å²) in [6.45, 7) is 6.55. The van der Waals surface area contributed by atoms with E-state index in [0.29, 0.717) is 16.6 Å². The summed E-state index contributed by atoms with van der Waals surface area (Å²) in [4.78, 5) is 0. The molecule has 1 atom stereocenters. The molecule has 1 aromatic rings. The Morgan fingerprint density at radius 1 is 1.37 bits per heavy atom. The molecule has 0 aliphatic rings. The molecule has 1 unspecified atom stereocenters. The molecule has 1 aromatic carbocycles. The largest absolute Gasteiger partial charge is 0.373 e. The van der Waals surface area contributed by atoms with Crippen LogP contribution in [0.1, 0.15) is 45.2 Å². The predicted octanol–water partition coefficient (Wildman–Crippen LogP) is 3.69. The first kappa shape index (κ1) is 16.6. The number of nitrogens with two attached hydrogens (primary N) is 1. The topological polar surface area (TPSA) is 47.3 Å². The summed E-state index contributed by atoms with van der Waals surface area (Å²) < 4.78 is 20.6. The number of nitrogens with one attached hydrogen (secondary N) is 1. The lowest BCUT2D eigenvalue weighted by Crippen LogP contribution is -2.48. The lowest BCUT2D eigenvalue weighted by molar-refractivity contribution is -0.0741. The molecule has 0 saturated heterocycles. The zero-order valence-corrected chi connectivity index (χ0v) is 13.3. The number of hydrazine groups is 1. The Balaban J connectivity index is 3.27. The quantitative estimate of drug-likeness (QED) is 0.591. The Bertz CT molecular complexity index is 410. The van der Waals surface area contributed by atoms with E-state index in [0.717, 1.165) is 12.8 Å². The van der Waals surface area contributed by atoms with Crippen LogP contribution in [0.4, 0.5) is 4.39 Å². The van der Waals surface area contributed by atoms with Gasteiger partial charge < -0.3 is 4.74 Å². The Morgan fingerprint density at radius 3 is 2.47 bits per heavy atom. The number of benzene rings is 1. The predicted molar refractivity (Wildman–Crippen MR) is 79.1 cm³/mol. The molecule has 0 radical (unpaired) electrons. The maximum absolute atomic E-state index is 14.3. The number of hydrogen-bond donors (Lipinski definition) is 2. The summed E-state index contributed by atoms with van der Waals surface area (Å²) in [5.41, 5.74) is 2.74. The van der Waals surface area contributed by atoms with Gasteiger partial charge in [0.1, 0.15) is 5.82 Å². The van der Waals surface area contributed by atoms with Gasteiger partial charge in [-0.05, 0) is 41.8 Å². The lowest BCUT2D eigenvalue weighted by Gasteiger charge is -2.39. The number of ether oxygens (including phenoxy) is 1. The molecule has 0 fully saturated rings. The van der Waals surface area contributed by atoms with Gasteiger partial charge in [-0.15, -0.1) is 0 Å². The van der Waals surface area contributed by atoms with Crippen LogP contribution in [0.5, 0.6) is 0 Å². The fourth-order valence-electron chi connectivity index (χ4n) is 2.50. The van der Waals surface area contributed by atoms with Crippen molar-refractivity contribution in [1.29, 1.82) is 0 Å². The standard InChI is InChI=1S/C14H22BrFN2O/c1-4-14(5-2,19-6-3)13(18-17)10-8-7-9-11(15)12(10)16/h7-9,13,18H,4-6,17H2,1-3H3. The minimum atomic E-state index is -0.509. The average molecular weight is 333 g/mol. The molecule has 0 bridgehead atoms. The third-order valence-corrected chi connectivity index (χ3v) is 4.23. The Hall–Kier alpha value is -0.490. The molecule has 3 nitrogen and oxygen atoms in total. The van der Waals surface area contributed by atoms with Crippen LogP contribution in [0.2, 0.25) is 0 Å². The fraction of sp³-hybridized carbons (Fsp3) is 0.571. The highest BCUT2D eigenvalue weighted by molar-refractivity contribution is 9.10. The third-order valence-electron chi connectivity index (χ3n) is 3.61. The van der Waals surface area contributed by atoms with E-state index in [1.54, 1.807) is 18.2 Å². The third kappa shape index (κ3) is 3.34. The van der Waals surface area contributed by atoms with Gasteiger partial charge in [-0.2, -0.15) is 0 Å². The van der Waals surface area contributed by atoms with Crippen molar-refractivity contribution in [2.24, 2.45) is 5.84 Å². The van der Waals surface area contributed by atoms with Gasteiger partial charge in [-0.25, -0.2) is 9.82 Å². The summed E-state index contributed by atoms with van der Waals surface area (Å²) in [6, 6.07) is 4.82. The van der Waals surface area contributed by atoms with Crippen molar-refractivity contribution in [2.45, 2.75) is 45.3 Å². The van der Waals surface area contributed by atoms with Crippen molar-refractivity contribution in [2.75, 3.05) is 6.61 Å². The van der Waals surface area contributed by atoms with Gasteiger partial charge in [0.15, 0.2) is 0 Å². The van der Waals surface area contributed by atoms with Crippen LogP contribution in [-0.2, 0) is 4.74 Å². The van der Waals surface area contributed by atoms with Crippen LogP contribution in [0.25, 0.3) is 0 Å². The summed E-state index contributed by atoms with van der Waals surface area (Å²) in [7, 11) is 0. The van der Waals surface area contributed by atoms with Gasteiger partial charge in [0.05, 0.1) is 16.1 Å². The second-order valence-electron chi connectivity index (χ2n) is 4.45. The summed E-state index contributed by atoms with van der Waals surface area (Å²) in [5, 5.41) is 0. The van der Waals surface area contributed by atoms with Crippen molar-refractivity contribution in [3.63, 3.8) is 0 Å². The molecule has 0 heterocycles. The lowest BCUT2D eigenvalue weighted by atomic mass is 9.84. The zero-order valence-electron chi connectivity index (χ0n) is 11.7. The average Bonchev–Trinajstić information content (AvgIpc) is 2.43. The Kier molecular flexibility index (Phi) is 6.39. The second kappa shape index (κ2) is 7.33. The first-order chi connectivity index (χ1) is 9.06. The van der Waals surface area contributed by atoms with Crippen molar-refractivity contribution in [3.8, 4) is 0 Å². The van der Waals surface area contributed by atoms with Crippen LogP contribution < -0.4 is 11.3 Å². The van der Waals surface area contributed by atoms with Gasteiger partial charge >= 0.3 is 0 Å². The van der Waals surface area contributed by atoms with Crippen molar-refractivity contribution in [1.82, 2.24) is 5.43 Å². The van der Waals surface area contributed by atoms with E-state index >= 15 is 0 Å². The van der Waals surface area contributed by atoms with E-state index in [1.807, 2.05) is 20.8 Å². The molecule has 0 aliphatic heterocycles. The maximum Gasteiger partial charge on any atom is 0.142 e. The molecule has 0 spiro atoms.